The van der Waals surface area contributed by atoms with E-state index in [9.17, 15) is 4.79 Å². The van der Waals surface area contributed by atoms with Crippen molar-refractivity contribution < 1.29 is 4.79 Å². The van der Waals surface area contributed by atoms with Gasteiger partial charge in [-0.2, -0.15) is 0 Å². The van der Waals surface area contributed by atoms with E-state index in [2.05, 4.69) is 22.5 Å². The maximum atomic E-state index is 12.3. The molecule has 1 N–H and O–H groups in total. The number of thiazole rings is 1. The van der Waals surface area contributed by atoms with Gasteiger partial charge in [0.2, 0.25) is 5.91 Å². The Balaban J connectivity index is 1.47. The van der Waals surface area contributed by atoms with E-state index in [0.717, 1.165) is 52.2 Å². The fourth-order valence-electron chi connectivity index (χ4n) is 3.46. The number of piperidine rings is 1. The van der Waals surface area contributed by atoms with Gasteiger partial charge in [0.05, 0.1) is 10.7 Å². The van der Waals surface area contributed by atoms with Gasteiger partial charge in [0.25, 0.3) is 0 Å². The molecule has 2 aliphatic rings. The van der Waals surface area contributed by atoms with Crippen molar-refractivity contribution in [1.82, 2.24) is 20.1 Å². The first-order valence-electron chi connectivity index (χ1n) is 8.91. The number of nitrogens with one attached hydrogen (secondary N) is 1. The molecule has 0 aromatic carbocycles. The van der Waals surface area contributed by atoms with Gasteiger partial charge in [0.1, 0.15) is 0 Å². The molecule has 5 nitrogen and oxygen atoms in total. The Morgan fingerprint density at radius 1 is 1.39 bits per heavy atom. The number of amides is 1. The summed E-state index contributed by atoms with van der Waals surface area (Å²) < 4.78 is 0. The Hall–Kier alpha value is -0.980. The van der Waals surface area contributed by atoms with Crippen LogP contribution in [0.3, 0.4) is 0 Å². The van der Waals surface area contributed by atoms with Crippen molar-refractivity contribution in [1.29, 1.82) is 0 Å². The minimum absolute atomic E-state index is 0.316. The van der Waals surface area contributed by atoms with Crippen molar-refractivity contribution in [3.63, 3.8) is 0 Å². The summed E-state index contributed by atoms with van der Waals surface area (Å²) in [6, 6.07) is 0. The standard InChI is InChI=1S/C17H28N4OS/c1-2-15-13-23-17(19-15)14-4-3-8-20(12-14)9-5-16(22)21-10-6-18-7-11-21/h13-14,18H,2-12H2,1H3. The number of aromatic nitrogens is 1. The number of nitrogens with zero attached hydrogens (tertiary/aromatic N) is 3. The lowest BCUT2D eigenvalue weighted by Gasteiger charge is -2.33. The van der Waals surface area contributed by atoms with Crippen LogP contribution in [0.1, 0.15) is 42.8 Å². The van der Waals surface area contributed by atoms with Gasteiger partial charge in [-0.25, -0.2) is 4.98 Å². The van der Waals surface area contributed by atoms with Gasteiger partial charge in [-0.1, -0.05) is 6.92 Å². The Morgan fingerprint density at radius 3 is 2.96 bits per heavy atom. The zero-order valence-corrected chi connectivity index (χ0v) is 14.9. The smallest absolute Gasteiger partial charge is 0.223 e. The van der Waals surface area contributed by atoms with E-state index in [4.69, 9.17) is 4.98 Å². The summed E-state index contributed by atoms with van der Waals surface area (Å²) in [5.74, 6) is 0.875. The quantitative estimate of drug-likeness (QED) is 0.889. The number of carbonyl (C=O) groups excluding carboxylic acids is 1. The second-order valence-corrected chi connectivity index (χ2v) is 7.44. The van der Waals surface area contributed by atoms with Gasteiger partial charge in [-0.3, -0.25) is 4.79 Å². The fraction of sp³-hybridized carbons (Fsp3) is 0.765. The largest absolute Gasteiger partial charge is 0.340 e. The molecule has 1 atom stereocenters. The van der Waals surface area contributed by atoms with E-state index in [1.807, 2.05) is 16.2 Å². The molecule has 2 aliphatic heterocycles. The number of aryl methyl sites for hydroxylation is 1. The normalized spacial score (nSPS) is 23.2. The Morgan fingerprint density at radius 2 is 2.22 bits per heavy atom. The van der Waals surface area contributed by atoms with Crippen LogP contribution in [0.2, 0.25) is 0 Å². The first-order chi connectivity index (χ1) is 11.3. The molecule has 0 spiro atoms. The van der Waals surface area contributed by atoms with E-state index < -0.39 is 0 Å². The summed E-state index contributed by atoms with van der Waals surface area (Å²) in [6.07, 6.45) is 4.13. The van der Waals surface area contributed by atoms with Crippen LogP contribution in [-0.4, -0.2) is 66.5 Å². The zero-order valence-electron chi connectivity index (χ0n) is 14.1. The molecule has 3 rings (SSSR count). The Labute approximate surface area is 143 Å². The zero-order chi connectivity index (χ0) is 16.1. The molecule has 0 saturated carbocycles. The first kappa shape index (κ1) is 16.9. The van der Waals surface area contributed by atoms with Crippen molar-refractivity contribution in [3.8, 4) is 0 Å². The van der Waals surface area contributed by atoms with Gasteiger partial charge in [0.15, 0.2) is 0 Å². The second-order valence-electron chi connectivity index (χ2n) is 6.55. The molecule has 0 aliphatic carbocycles. The van der Waals surface area contributed by atoms with Gasteiger partial charge < -0.3 is 15.1 Å². The molecule has 128 valence electrons. The molecule has 2 fully saturated rings. The van der Waals surface area contributed by atoms with Crippen LogP contribution < -0.4 is 5.32 Å². The highest BCUT2D eigenvalue weighted by molar-refractivity contribution is 7.09. The summed E-state index contributed by atoms with van der Waals surface area (Å²) in [5, 5.41) is 6.78. The maximum Gasteiger partial charge on any atom is 0.223 e. The average molecular weight is 337 g/mol. The summed E-state index contributed by atoms with van der Waals surface area (Å²) in [5.41, 5.74) is 1.22. The van der Waals surface area contributed by atoms with Crippen LogP contribution in [0.5, 0.6) is 0 Å². The van der Waals surface area contributed by atoms with Crippen LogP contribution in [0.25, 0.3) is 0 Å². The molecule has 1 amide bonds. The topological polar surface area (TPSA) is 48.5 Å². The van der Waals surface area contributed by atoms with E-state index in [1.54, 1.807) is 0 Å². The Bertz CT molecular complexity index is 512. The van der Waals surface area contributed by atoms with Crippen molar-refractivity contribution in [2.45, 2.75) is 38.5 Å². The number of rotatable bonds is 5. The molecule has 3 heterocycles. The van der Waals surface area contributed by atoms with Gasteiger partial charge in [0, 0.05) is 57.0 Å². The molecule has 2 saturated heterocycles. The van der Waals surface area contributed by atoms with Crippen LogP contribution in [0, 0.1) is 0 Å². The van der Waals surface area contributed by atoms with E-state index in [0.29, 0.717) is 18.2 Å². The second kappa shape index (κ2) is 8.22. The predicted octanol–water partition coefficient (Wildman–Crippen LogP) is 1.71. The number of hydrogen-bond acceptors (Lipinski definition) is 5. The van der Waals surface area contributed by atoms with Crippen molar-refractivity contribution in [3.05, 3.63) is 16.1 Å². The molecule has 1 unspecified atom stereocenters. The highest BCUT2D eigenvalue weighted by Crippen LogP contribution is 2.29. The lowest BCUT2D eigenvalue weighted by molar-refractivity contribution is -0.132. The van der Waals surface area contributed by atoms with E-state index >= 15 is 0 Å². The summed E-state index contributed by atoms with van der Waals surface area (Å²) in [7, 11) is 0. The van der Waals surface area contributed by atoms with Crippen molar-refractivity contribution >= 4 is 17.2 Å². The molecular weight excluding hydrogens is 308 g/mol. The number of hydrogen-bond donors (Lipinski definition) is 1. The summed E-state index contributed by atoms with van der Waals surface area (Å²) >= 11 is 1.81. The molecule has 6 heteroatoms. The maximum absolute atomic E-state index is 12.3. The molecule has 1 aromatic heterocycles. The third-order valence-corrected chi connectivity index (χ3v) is 5.95. The van der Waals surface area contributed by atoms with Crippen molar-refractivity contribution in [2.24, 2.45) is 0 Å². The lowest BCUT2D eigenvalue weighted by Crippen LogP contribution is -2.47. The van der Waals surface area contributed by atoms with E-state index in [-0.39, 0.29) is 0 Å². The number of likely N-dealkylation sites (tertiary alicyclic amines) is 1. The first-order valence-corrected chi connectivity index (χ1v) is 9.79. The van der Waals surface area contributed by atoms with Crippen LogP contribution in [-0.2, 0) is 11.2 Å². The van der Waals surface area contributed by atoms with Crippen LogP contribution >= 0.6 is 11.3 Å². The SMILES string of the molecule is CCc1csc(C2CCCN(CCC(=O)N3CCNCC3)C2)n1. The van der Waals surface area contributed by atoms with Crippen LogP contribution in [0.4, 0.5) is 0 Å². The minimum atomic E-state index is 0.316. The van der Waals surface area contributed by atoms with Crippen molar-refractivity contribution in [2.75, 3.05) is 45.8 Å². The summed E-state index contributed by atoms with van der Waals surface area (Å²) in [4.78, 5) is 21.5. The monoisotopic (exact) mass is 336 g/mol. The van der Waals surface area contributed by atoms with Crippen LogP contribution in [0.15, 0.2) is 5.38 Å². The molecule has 0 radical (unpaired) electrons. The highest BCUT2D eigenvalue weighted by atomic mass is 32.1. The average Bonchev–Trinajstić information content (AvgIpc) is 3.10. The number of carbonyl (C=O) groups is 1. The minimum Gasteiger partial charge on any atom is -0.340 e. The molecule has 0 bridgehead atoms. The third kappa shape index (κ3) is 4.52. The van der Waals surface area contributed by atoms with E-state index in [1.165, 1.54) is 23.5 Å². The summed E-state index contributed by atoms with van der Waals surface area (Å²) in [6.45, 7) is 8.82. The molecular formula is C17H28N4OS. The highest BCUT2D eigenvalue weighted by Gasteiger charge is 2.24. The number of piperazine rings is 1. The predicted molar refractivity (Wildman–Crippen MR) is 94.0 cm³/mol. The van der Waals surface area contributed by atoms with Gasteiger partial charge in [-0.15, -0.1) is 11.3 Å². The third-order valence-electron chi connectivity index (χ3n) is 4.90. The Kier molecular flexibility index (Phi) is 6.02. The fourth-order valence-corrected chi connectivity index (χ4v) is 4.49. The van der Waals surface area contributed by atoms with Gasteiger partial charge in [-0.05, 0) is 25.8 Å². The van der Waals surface area contributed by atoms with Gasteiger partial charge >= 0.3 is 0 Å². The molecule has 23 heavy (non-hydrogen) atoms. The molecule has 1 aromatic rings. The lowest BCUT2D eigenvalue weighted by atomic mass is 9.98.